The molecule has 0 bridgehead atoms. The molecule has 0 spiro atoms. The molecule has 0 radical (unpaired) electrons. The largest absolute Gasteiger partial charge is 0.465 e. The molecule has 1 rings (SSSR count). The summed E-state index contributed by atoms with van der Waals surface area (Å²) in [7, 11) is 1.36. The van der Waals surface area contributed by atoms with Gasteiger partial charge in [0.1, 0.15) is 5.82 Å². The van der Waals surface area contributed by atoms with E-state index >= 15 is 0 Å². The SMILES string of the molecule is COC(=O)c1cnc(C)nc1CC(C)(C)C. The number of hydrogen-bond donors (Lipinski definition) is 0. The van der Waals surface area contributed by atoms with Gasteiger partial charge in [0.25, 0.3) is 0 Å². The highest BCUT2D eigenvalue weighted by atomic mass is 16.5. The molecule has 0 saturated carbocycles. The fraction of sp³-hybridized carbons (Fsp3) is 0.583. The number of hydrogen-bond acceptors (Lipinski definition) is 4. The number of methoxy groups -OCH3 is 1. The Balaban J connectivity index is 3.13. The molecule has 1 heterocycles. The number of aryl methyl sites for hydroxylation is 1. The van der Waals surface area contributed by atoms with Gasteiger partial charge >= 0.3 is 5.97 Å². The Kier molecular flexibility index (Phi) is 3.62. The summed E-state index contributed by atoms with van der Waals surface area (Å²) >= 11 is 0. The average Bonchev–Trinajstić information content (AvgIpc) is 2.14. The third kappa shape index (κ3) is 3.29. The van der Waals surface area contributed by atoms with Crippen molar-refractivity contribution in [2.75, 3.05) is 7.11 Å². The monoisotopic (exact) mass is 222 g/mol. The van der Waals surface area contributed by atoms with E-state index in [-0.39, 0.29) is 11.4 Å². The minimum absolute atomic E-state index is 0.0730. The highest BCUT2D eigenvalue weighted by molar-refractivity contribution is 5.90. The number of rotatable bonds is 2. The number of carbonyl (C=O) groups is 1. The molecule has 0 fully saturated rings. The zero-order valence-electron chi connectivity index (χ0n) is 10.5. The first-order chi connectivity index (χ1) is 7.33. The Morgan fingerprint density at radius 2 is 2.06 bits per heavy atom. The van der Waals surface area contributed by atoms with Gasteiger partial charge < -0.3 is 4.74 Å². The van der Waals surface area contributed by atoms with Gasteiger partial charge in [-0.05, 0) is 18.8 Å². The predicted molar refractivity (Wildman–Crippen MR) is 61.3 cm³/mol. The summed E-state index contributed by atoms with van der Waals surface area (Å²) < 4.78 is 4.71. The standard InChI is InChI=1S/C12H18N2O2/c1-8-13-7-9(11(15)16-5)10(14-8)6-12(2,3)4/h7H,6H2,1-5H3. The summed E-state index contributed by atoms with van der Waals surface area (Å²) in [5.74, 6) is 0.297. The topological polar surface area (TPSA) is 52.1 Å². The molecule has 4 heteroatoms. The quantitative estimate of drug-likeness (QED) is 0.719. The molecule has 88 valence electrons. The van der Waals surface area contributed by atoms with Crippen LogP contribution in [0.15, 0.2) is 6.20 Å². The molecule has 0 saturated heterocycles. The lowest BCUT2D eigenvalue weighted by atomic mass is 9.89. The molecule has 0 aliphatic carbocycles. The van der Waals surface area contributed by atoms with Crippen LogP contribution in [0.5, 0.6) is 0 Å². The normalized spacial score (nSPS) is 11.3. The smallest absolute Gasteiger partial charge is 0.341 e. The lowest BCUT2D eigenvalue weighted by molar-refractivity contribution is 0.0598. The Hall–Kier alpha value is -1.45. The van der Waals surface area contributed by atoms with Crippen molar-refractivity contribution in [1.82, 2.24) is 9.97 Å². The summed E-state index contributed by atoms with van der Waals surface area (Å²) in [6.07, 6.45) is 2.26. The highest BCUT2D eigenvalue weighted by Gasteiger charge is 2.20. The van der Waals surface area contributed by atoms with Crippen molar-refractivity contribution >= 4 is 5.97 Å². The van der Waals surface area contributed by atoms with Gasteiger partial charge in [-0.3, -0.25) is 0 Å². The first-order valence-electron chi connectivity index (χ1n) is 5.24. The maximum absolute atomic E-state index is 11.5. The number of aromatic nitrogens is 2. The van der Waals surface area contributed by atoms with Crippen LogP contribution in [-0.2, 0) is 11.2 Å². The van der Waals surface area contributed by atoms with Crippen LogP contribution in [0.3, 0.4) is 0 Å². The highest BCUT2D eigenvalue weighted by Crippen LogP contribution is 2.21. The Labute approximate surface area is 96.1 Å². The zero-order chi connectivity index (χ0) is 12.3. The van der Waals surface area contributed by atoms with Gasteiger partial charge in [-0.25, -0.2) is 14.8 Å². The molecule has 1 aromatic rings. The summed E-state index contributed by atoms with van der Waals surface area (Å²) in [6.45, 7) is 8.12. The van der Waals surface area contributed by atoms with E-state index in [0.29, 0.717) is 11.4 Å². The molecule has 0 atom stereocenters. The van der Waals surface area contributed by atoms with Gasteiger partial charge in [0, 0.05) is 6.20 Å². The lowest BCUT2D eigenvalue weighted by Crippen LogP contribution is -2.16. The van der Waals surface area contributed by atoms with E-state index in [0.717, 1.165) is 12.1 Å². The molecule has 0 unspecified atom stereocenters. The van der Waals surface area contributed by atoms with Crippen LogP contribution in [0.4, 0.5) is 0 Å². The molecular formula is C12H18N2O2. The zero-order valence-corrected chi connectivity index (χ0v) is 10.5. The number of ether oxygens (including phenoxy) is 1. The second kappa shape index (κ2) is 4.60. The van der Waals surface area contributed by atoms with Crippen molar-refractivity contribution in [1.29, 1.82) is 0 Å². The van der Waals surface area contributed by atoms with Crippen LogP contribution in [0.1, 0.15) is 42.6 Å². The Morgan fingerprint density at radius 3 is 2.56 bits per heavy atom. The first kappa shape index (κ1) is 12.6. The Bertz CT molecular complexity index is 394. The van der Waals surface area contributed by atoms with E-state index in [2.05, 4.69) is 30.7 Å². The van der Waals surface area contributed by atoms with Crippen molar-refractivity contribution in [3.05, 3.63) is 23.3 Å². The second-order valence-corrected chi connectivity index (χ2v) is 5.01. The van der Waals surface area contributed by atoms with Gasteiger partial charge in [-0.2, -0.15) is 0 Å². The van der Waals surface area contributed by atoms with Gasteiger partial charge in [0.15, 0.2) is 0 Å². The fourth-order valence-corrected chi connectivity index (χ4v) is 1.43. The molecule has 4 nitrogen and oxygen atoms in total. The van der Waals surface area contributed by atoms with Gasteiger partial charge in [-0.15, -0.1) is 0 Å². The molecule has 0 aliphatic rings. The van der Waals surface area contributed by atoms with Crippen molar-refractivity contribution in [2.45, 2.75) is 34.1 Å². The van der Waals surface area contributed by atoms with E-state index in [1.165, 1.54) is 13.3 Å². The Morgan fingerprint density at radius 1 is 1.44 bits per heavy atom. The van der Waals surface area contributed by atoms with Crippen molar-refractivity contribution in [3.63, 3.8) is 0 Å². The van der Waals surface area contributed by atoms with E-state index in [1.54, 1.807) is 0 Å². The maximum atomic E-state index is 11.5. The molecule has 0 aromatic carbocycles. The van der Waals surface area contributed by atoms with Gasteiger partial charge in [0.2, 0.25) is 0 Å². The van der Waals surface area contributed by atoms with E-state index in [1.807, 2.05) is 6.92 Å². The van der Waals surface area contributed by atoms with E-state index < -0.39 is 0 Å². The molecular weight excluding hydrogens is 204 g/mol. The minimum Gasteiger partial charge on any atom is -0.465 e. The second-order valence-electron chi connectivity index (χ2n) is 5.01. The third-order valence-electron chi connectivity index (χ3n) is 2.09. The third-order valence-corrected chi connectivity index (χ3v) is 2.09. The fourth-order valence-electron chi connectivity index (χ4n) is 1.43. The molecule has 0 aliphatic heterocycles. The maximum Gasteiger partial charge on any atom is 0.341 e. The van der Waals surface area contributed by atoms with Crippen molar-refractivity contribution in [3.8, 4) is 0 Å². The van der Waals surface area contributed by atoms with Crippen LogP contribution < -0.4 is 0 Å². The first-order valence-corrected chi connectivity index (χ1v) is 5.24. The summed E-state index contributed by atoms with van der Waals surface area (Å²) in [6, 6.07) is 0. The number of nitrogens with zero attached hydrogens (tertiary/aromatic N) is 2. The van der Waals surface area contributed by atoms with Crippen LogP contribution >= 0.6 is 0 Å². The summed E-state index contributed by atoms with van der Waals surface area (Å²) in [4.78, 5) is 19.9. The van der Waals surface area contributed by atoms with E-state index in [4.69, 9.17) is 4.74 Å². The van der Waals surface area contributed by atoms with Crippen LogP contribution in [0.25, 0.3) is 0 Å². The minimum atomic E-state index is -0.376. The summed E-state index contributed by atoms with van der Waals surface area (Å²) in [5.41, 5.74) is 1.29. The van der Waals surface area contributed by atoms with Gasteiger partial charge in [-0.1, -0.05) is 20.8 Å². The van der Waals surface area contributed by atoms with Crippen LogP contribution in [0.2, 0.25) is 0 Å². The van der Waals surface area contributed by atoms with E-state index in [9.17, 15) is 4.79 Å². The summed E-state index contributed by atoms with van der Waals surface area (Å²) in [5, 5.41) is 0. The molecule has 1 aromatic heterocycles. The molecule has 16 heavy (non-hydrogen) atoms. The molecule has 0 N–H and O–H groups in total. The average molecular weight is 222 g/mol. The van der Waals surface area contributed by atoms with Crippen LogP contribution in [-0.4, -0.2) is 23.0 Å². The number of esters is 1. The van der Waals surface area contributed by atoms with Crippen molar-refractivity contribution in [2.24, 2.45) is 5.41 Å². The van der Waals surface area contributed by atoms with Crippen molar-refractivity contribution < 1.29 is 9.53 Å². The number of carbonyl (C=O) groups excluding carboxylic acids is 1. The lowest BCUT2D eigenvalue weighted by Gasteiger charge is -2.18. The molecule has 0 amide bonds. The van der Waals surface area contributed by atoms with Gasteiger partial charge in [0.05, 0.1) is 18.4 Å². The van der Waals surface area contributed by atoms with Crippen LogP contribution in [0, 0.1) is 12.3 Å². The predicted octanol–water partition coefficient (Wildman–Crippen LogP) is 2.16.